The van der Waals surface area contributed by atoms with Crippen molar-refractivity contribution in [3.63, 3.8) is 0 Å². The van der Waals surface area contributed by atoms with E-state index in [4.69, 9.17) is 27.8 Å². The maximum absolute atomic E-state index is 15.2. The van der Waals surface area contributed by atoms with Gasteiger partial charge in [-0.2, -0.15) is 4.52 Å². The van der Waals surface area contributed by atoms with Gasteiger partial charge in [-0.3, -0.25) is 0 Å². The van der Waals surface area contributed by atoms with Crippen molar-refractivity contribution in [3.8, 4) is 17.2 Å². The number of ether oxygens (including phenoxy) is 3. The number of phenolic OH excluding ortho intramolecular Hbond substituents is 2. The first-order valence-corrected chi connectivity index (χ1v) is 19.9. The Morgan fingerprint density at radius 2 is 1.17 bits per heavy atom. The van der Waals surface area contributed by atoms with Crippen molar-refractivity contribution in [2.24, 2.45) is 0 Å². The van der Waals surface area contributed by atoms with Crippen LogP contribution in [0, 0.1) is 0 Å². The van der Waals surface area contributed by atoms with Crippen molar-refractivity contribution < 1.29 is 42.8 Å². The van der Waals surface area contributed by atoms with E-state index in [0.717, 1.165) is 22.3 Å². The van der Waals surface area contributed by atoms with Gasteiger partial charge in [-0.05, 0) is 99.2 Å². The van der Waals surface area contributed by atoms with Crippen LogP contribution < -0.4 is 4.74 Å². The zero-order valence-corrected chi connectivity index (χ0v) is 31.4. The number of benzene rings is 4. The van der Waals surface area contributed by atoms with Gasteiger partial charge in [0.05, 0.1) is 18.7 Å². The number of fused-ring (bicyclic) bond motifs is 1. The molecule has 7 rings (SSSR count). The topological polar surface area (TPSA) is 119 Å². The van der Waals surface area contributed by atoms with Crippen molar-refractivity contribution in [3.05, 3.63) is 125 Å². The minimum atomic E-state index is -2.51. The summed E-state index contributed by atoms with van der Waals surface area (Å²) in [6.45, 7) is 8.62. The summed E-state index contributed by atoms with van der Waals surface area (Å²) < 4.78 is 37.1. The number of carbonyl (C=O) groups is 1. The molecular formula is C41H48N2O9P+. The molecule has 2 amide bonds. The largest absolute Gasteiger partial charge is 0.508 e. The molecule has 11 nitrogen and oxygen atoms in total. The summed E-state index contributed by atoms with van der Waals surface area (Å²) in [4.78, 5) is 19.0. The number of rotatable bonds is 13. The fourth-order valence-corrected chi connectivity index (χ4v) is 9.36. The summed E-state index contributed by atoms with van der Waals surface area (Å²) in [7, 11) is -2.51. The lowest BCUT2D eigenvalue weighted by Gasteiger charge is -2.37. The van der Waals surface area contributed by atoms with Gasteiger partial charge in [0.15, 0.2) is 5.79 Å². The number of urea groups is 1. The molecule has 0 aromatic heterocycles. The molecule has 0 saturated carbocycles. The van der Waals surface area contributed by atoms with E-state index < -0.39 is 32.0 Å². The molecule has 4 aromatic rings. The van der Waals surface area contributed by atoms with Crippen LogP contribution >= 0.6 is 7.94 Å². The quantitative estimate of drug-likeness (QED) is 0.132. The molecule has 0 aliphatic carbocycles. The number of aromatic hydroxyl groups is 2. The highest BCUT2D eigenvalue weighted by atomic mass is 31.2. The van der Waals surface area contributed by atoms with E-state index in [1.807, 2.05) is 104 Å². The van der Waals surface area contributed by atoms with E-state index in [2.05, 4.69) is 12.1 Å². The van der Waals surface area contributed by atoms with Crippen molar-refractivity contribution >= 4 is 14.0 Å². The summed E-state index contributed by atoms with van der Waals surface area (Å²) in [5, 5.41) is 20.1. The van der Waals surface area contributed by atoms with Gasteiger partial charge in [0.1, 0.15) is 29.5 Å². The molecule has 53 heavy (non-hydrogen) atoms. The Hall–Kier alpha value is -4.22. The second-order valence-electron chi connectivity index (χ2n) is 14.2. The smallest absolute Gasteiger partial charge is 0.457 e. The third kappa shape index (κ3) is 8.62. The van der Waals surface area contributed by atoms with Gasteiger partial charge in [-0.15, -0.1) is 9.05 Å². The minimum absolute atomic E-state index is 0.153. The van der Waals surface area contributed by atoms with Crippen LogP contribution in [0.3, 0.4) is 0 Å². The molecule has 0 spiro atoms. The van der Waals surface area contributed by atoms with Crippen LogP contribution in [0.2, 0.25) is 0 Å². The maximum atomic E-state index is 15.2. The van der Waals surface area contributed by atoms with Crippen LogP contribution in [0.15, 0.2) is 103 Å². The molecule has 3 aliphatic rings. The van der Waals surface area contributed by atoms with E-state index in [9.17, 15) is 10.2 Å². The van der Waals surface area contributed by atoms with Gasteiger partial charge >= 0.3 is 14.0 Å². The molecule has 280 valence electrons. The molecule has 0 unspecified atom stereocenters. The second kappa shape index (κ2) is 15.6. The van der Waals surface area contributed by atoms with Gasteiger partial charge in [-0.1, -0.05) is 66.7 Å². The van der Waals surface area contributed by atoms with Crippen LogP contribution in [0.4, 0.5) is 4.79 Å². The van der Waals surface area contributed by atoms with Crippen molar-refractivity contribution in [2.75, 3.05) is 13.0 Å². The first-order valence-electron chi connectivity index (χ1n) is 18.1. The fraction of sp³-hybridized carbons (Fsp3) is 0.390. The molecule has 4 aromatic carbocycles. The summed E-state index contributed by atoms with van der Waals surface area (Å²) in [6.07, 6.45) is -0.0396. The molecule has 12 heteroatoms. The number of hydrogen-bond donors (Lipinski definition) is 2. The van der Waals surface area contributed by atoms with E-state index in [1.54, 1.807) is 24.3 Å². The number of nitrogens with zero attached hydrogens (tertiary/aromatic N) is 2. The molecular weight excluding hydrogens is 695 g/mol. The average Bonchev–Trinajstić information content (AvgIpc) is 3.43. The number of carbonyl (C=O) groups excluding carboxylic acids is 1. The number of phenols is 2. The molecule has 3 fully saturated rings. The SMILES string of the molecule is CCO[P+]1(COc2ccc(C[C@@H]3[C@@H]4OC(C)(C)O[C@H]4[C@@H](Cc4ccccc4)N(Cc4ccc(O)cc4)C(=O)N3Cc3ccc(O)cc3)cc2)OC(C)O1. The highest BCUT2D eigenvalue weighted by molar-refractivity contribution is 7.62. The van der Waals surface area contributed by atoms with E-state index in [1.165, 1.54) is 0 Å². The van der Waals surface area contributed by atoms with Crippen molar-refractivity contribution in [2.45, 2.75) is 90.0 Å². The summed E-state index contributed by atoms with van der Waals surface area (Å²) in [5.74, 6) is 0.0594. The lowest BCUT2D eigenvalue weighted by molar-refractivity contribution is -0.157. The van der Waals surface area contributed by atoms with Gasteiger partial charge in [0.2, 0.25) is 0 Å². The highest BCUT2D eigenvalue weighted by Gasteiger charge is 2.60. The molecule has 2 N–H and O–H groups in total. The average molecular weight is 744 g/mol. The first kappa shape index (κ1) is 37.1. The Labute approximate surface area is 311 Å². The van der Waals surface area contributed by atoms with E-state index in [0.29, 0.717) is 31.7 Å². The van der Waals surface area contributed by atoms with E-state index in [-0.39, 0.29) is 42.8 Å². The molecule has 3 aliphatic heterocycles. The Balaban J connectivity index is 1.24. The molecule has 0 radical (unpaired) electrons. The Morgan fingerprint density at radius 3 is 1.64 bits per heavy atom. The lowest BCUT2D eigenvalue weighted by atomic mass is 9.91. The second-order valence-corrected chi connectivity index (χ2v) is 16.3. The normalized spacial score (nSPS) is 26.5. The molecule has 0 bridgehead atoms. The first-order chi connectivity index (χ1) is 25.5. The Morgan fingerprint density at radius 1 is 0.698 bits per heavy atom. The van der Waals surface area contributed by atoms with Crippen molar-refractivity contribution in [1.29, 1.82) is 0 Å². The zero-order valence-electron chi connectivity index (χ0n) is 30.5. The number of amides is 2. The van der Waals surface area contributed by atoms with Crippen LogP contribution in [-0.2, 0) is 49.0 Å². The summed E-state index contributed by atoms with van der Waals surface area (Å²) >= 11 is 0. The van der Waals surface area contributed by atoms with Gasteiger partial charge in [0.25, 0.3) is 12.6 Å². The van der Waals surface area contributed by atoms with Crippen LogP contribution in [0.5, 0.6) is 17.2 Å². The van der Waals surface area contributed by atoms with Gasteiger partial charge < -0.3 is 34.2 Å². The maximum Gasteiger partial charge on any atom is 0.457 e. The molecule has 4 atom stereocenters. The van der Waals surface area contributed by atoms with Gasteiger partial charge in [0, 0.05) is 13.1 Å². The summed E-state index contributed by atoms with van der Waals surface area (Å²) in [6, 6.07) is 30.9. The predicted molar refractivity (Wildman–Crippen MR) is 200 cm³/mol. The fourth-order valence-electron chi connectivity index (χ4n) is 7.42. The van der Waals surface area contributed by atoms with Crippen molar-refractivity contribution in [1.82, 2.24) is 9.80 Å². The Bertz CT molecular complexity index is 1810. The highest BCUT2D eigenvalue weighted by Crippen LogP contribution is 2.70. The monoisotopic (exact) mass is 743 g/mol. The predicted octanol–water partition coefficient (Wildman–Crippen LogP) is 7.81. The van der Waals surface area contributed by atoms with Crippen LogP contribution in [0.25, 0.3) is 0 Å². The molecule has 3 saturated heterocycles. The van der Waals surface area contributed by atoms with E-state index >= 15 is 4.79 Å². The zero-order chi connectivity index (χ0) is 37.2. The number of hydrogen-bond acceptors (Lipinski definition) is 9. The molecule has 3 heterocycles. The lowest BCUT2D eigenvalue weighted by Crippen LogP contribution is -2.51. The van der Waals surface area contributed by atoms with Crippen LogP contribution in [0.1, 0.15) is 49.9 Å². The minimum Gasteiger partial charge on any atom is -0.508 e. The van der Waals surface area contributed by atoms with Gasteiger partial charge in [-0.25, -0.2) is 4.79 Å². The third-order valence-corrected chi connectivity index (χ3v) is 12.1. The third-order valence-electron chi connectivity index (χ3n) is 9.78. The van der Waals surface area contributed by atoms with Crippen LogP contribution in [-0.4, -0.2) is 75.4 Å². The standard InChI is InChI=1S/C41H47N2O9P/c1-5-48-53(51-28(2)52-53)27-47-35-21-15-30(16-22-35)24-37-39-38(49-41(3,4)50-39)36(23-29-9-7-6-8-10-29)42(25-31-11-17-33(44)18-12-31)40(46)43(37)26-32-13-19-34(45)20-14-32/h6-22,28,36-39H,5,23-27H2,1-4H3,(H-,44,45)/p+1/t28?,36-,37-,38+,39+,53?/m1/s1. The summed E-state index contributed by atoms with van der Waals surface area (Å²) in [5.41, 5.74) is 3.81. The Kier molecular flexibility index (Phi) is 10.9.